The van der Waals surface area contributed by atoms with Crippen LogP contribution in [-0.4, -0.2) is 37.1 Å². The number of carbonyl (C=O) groups is 2. The Morgan fingerprint density at radius 3 is 2.84 bits per heavy atom. The lowest BCUT2D eigenvalue weighted by Gasteiger charge is -2.32. The number of carboxylic acids is 1. The fourth-order valence-corrected chi connectivity index (χ4v) is 2.44. The average Bonchev–Trinajstić information content (AvgIpc) is 2.43. The minimum Gasteiger partial charge on any atom is -0.481 e. The van der Waals surface area contributed by atoms with E-state index in [4.69, 9.17) is 0 Å². The monoisotopic (exact) mass is 262 g/mol. The van der Waals surface area contributed by atoms with Crippen LogP contribution >= 0.6 is 0 Å². The van der Waals surface area contributed by atoms with E-state index in [2.05, 4.69) is 5.32 Å². The number of hydrogen-bond acceptors (Lipinski definition) is 3. The van der Waals surface area contributed by atoms with Crippen molar-refractivity contribution in [1.29, 1.82) is 0 Å². The van der Waals surface area contributed by atoms with Gasteiger partial charge < -0.3 is 15.3 Å². The van der Waals surface area contributed by atoms with Crippen LogP contribution in [-0.2, 0) is 9.59 Å². The van der Waals surface area contributed by atoms with Crippen LogP contribution < -0.4 is 10.2 Å². The smallest absolute Gasteiger partial charge is 0.311 e. The molecule has 1 aliphatic heterocycles. The standard InChI is InChI=1S/C14H18N2O3/c1-15-8-6-13(17)16-9-7-11(14(18)19)10-4-2-3-5-12(10)16/h2-5,11,15H,6-9H2,1H3,(H,18,19). The maximum absolute atomic E-state index is 12.1. The summed E-state index contributed by atoms with van der Waals surface area (Å²) in [4.78, 5) is 25.1. The molecule has 102 valence electrons. The molecule has 19 heavy (non-hydrogen) atoms. The first-order chi connectivity index (χ1) is 9.15. The van der Waals surface area contributed by atoms with Crippen LogP contribution in [0.15, 0.2) is 24.3 Å². The van der Waals surface area contributed by atoms with Crippen molar-refractivity contribution in [3.05, 3.63) is 29.8 Å². The van der Waals surface area contributed by atoms with Crippen molar-refractivity contribution in [1.82, 2.24) is 5.32 Å². The van der Waals surface area contributed by atoms with Crippen molar-refractivity contribution in [2.75, 3.05) is 25.0 Å². The second-order valence-corrected chi connectivity index (χ2v) is 4.64. The van der Waals surface area contributed by atoms with Gasteiger partial charge in [0.25, 0.3) is 0 Å². The second kappa shape index (κ2) is 5.84. The summed E-state index contributed by atoms with van der Waals surface area (Å²) < 4.78 is 0. The number of rotatable bonds is 4. The van der Waals surface area contributed by atoms with Crippen molar-refractivity contribution in [2.45, 2.75) is 18.8 Å². The highest BCUT2D eigenvalue weighted by atomic mass is 16.4. The van der Waals surface area contributed by atoms with Gasteiger partial charge >= 0.3 is 5.97 Å². The Morgan fingerprint density at radius 1 is 1.42 bits per heavy atom. The van der Waals surface area contributed by atoms with E-state index in [-0.39, 0.29) is 5.91 Å². The Labute approximate surface area is 112 Å². The summed E-state index contributed by atoms with van der Waals surface area (Å²) in [6.45, 7) is 1.09. The lowest BCUT2D eigenvalue weighted by Crippen LogP contribution is -2.39. The molecule has 5 heteroatoms. The SMILES string of the molecule is CNCCC(=O)N1CCC(C(=O)O)c2ccccc21. The molecule has 1 amide bonds. The van der Waals surface area contributed by atoms with Gasteiger partial charge in [0, 0.05) is 25.2 Å². The highest BCUT2D eigenvalue weighted by molar-refractivity contribution is 5.96. The molecule has 1 heterocycles. The molecule has 0 aliphatic carbocycles. The van der Waals surface area contributed by atoms with Gasteiger partial charge in [0.15, 0.2) is 0 Å². The molecule has 0 fully saturated rings. The molecular weight excluding hydrogens is 244 g/mol. The van der Waals surface area contributed by atoms with Gasteiger partial charge in [-0.25, -0.2) is 0 Å². The first-order valence-corrected chi connectivity index (χ1v) is 6.42. The Morgan fingerprint density at radius 2 is 2.16 bits per heavy atom. The van der Waals surface area contributed by atoms with Crippen molar-refractivity contribution in [2.24, 2.45) is 0 Å². The molecule has 2 rings (SSSR count). The third-order valence-electron chi connectivity index (χ3n) is 3.43. The number of hydrogen-bond donors (Lipinski definition) is 2. The largest absolute Gasteiger partial charge is 0.481 e. The Kier molecular flexibility index (Phi) is 4.16. The highest BCUT2D eigenvalue weighted by Gasteiger charge is 2.31. The lowest BCUT2D eigenvalue weighted by molar-refractivity contribution is -0.139. The molecule has 0 saturated heterocycles. The maximum Gasteiger partial charge on any atom is 0.311 e. The summed E-state index contributed by atoms with van der Waals surface area (Å²) in [5.74, 6) is -1.30. The zero-order valence-corrected chi connectivity index (χ0v) is 10.9. The Hall–Kier alpha value is -1.88. The third kappa shape index (κ3) is 2.76. The number of aliphatic carboxylic acids is 1. The number of carboxylic acid groups (broad SMARTS) is 1. The molecule has 0 saturated carbocycles. The van der Waals surface area contributed by atoms with Crippen molar-refractivity contribution in [3.63, 3.8) is 0 Å². The number of carbonyl (C=O) groups excluding carboxylic acids is 1. The van der Waals surface area contributed by atoms with Crippen LogP contribution in [0.5, 0.6) is 0 Å². The van der Waals surface area contributed by atoms with Gasteiger partial charge in [-0.1, -0.05) is 18.2 Å². The zero-order valence-electron chi connectivity index (χ0n) is 10.9. The number of nitrogens with one attached hydrogen (secondary N) is 1. The molecule has 1 aromatic carbocycles. The van der Waals surface area contributed by atoms with Crippen LogP contribution in [0.1, 0.15) is 24.3 Å². The summed E-state index contributed by atoms with van der Waals surface area (Å²) in [5, 5.41) is 12.2. The predicted octanol–water partition coefficient (Wildman–Crippen LogP) is 1.20. The van der Waals surface area contributed by atoms with Crippen LogP contribution in [0.3, 0.4) is 0 Å². The van der Waals surface area contributed by atoms with Crippen LogP contribution in [0, 0.1) is 0 Å². The zero-order chi connectivity index (χ0) is 13.8. The molecule has 0 spiro atoms. The summed E-state index contributed by atoms with van der Waals surface area (Å²) in [6.07, 6.45) is 0.889. The average molecular weight is 262 g/mol. The van der Waals surface area contributed by atoms with Gasteiger partial charge in [-0.05, 0) is 25.1 Å². The second-order valence-electron chi connectivity index (χ2n) is 4.64. The fourth-order valence-electron chi connectivity index (χ4n) is 2.44. The molecule has 0 aromatic heterocycles. The van der Waals surface area contributed by atoms with E-state index in [1.165, 1.54) is 0 Å². The molecule has 0 bridgehead atoms. The summed E-state index contributed by atoms with van der Waals surface area (Å²) >= 11 is 0. The maximum atomic E-state index is 12.1. The minimum absolute atomic E-state index is 0.0330. The first kappa shape index (κ1) is 13.5. The molecule has 0 radical (unpaired) electrons. The topological polar surface area (TPSA) is 69.6 Å². The van der Waals surface area contributed by atoms with Gasteiger partial charge in [-0.15, -0.1) is 0 Å². The normalized spacial score (nSPS) is 17.9. The lowest BCUT2D eigenvalue weighted by atomic mass is 9.90. The van der Waals surface area contributed by atoms with Crippen LogP contribution in [0.25, 0.3) is 0 Å². The number of nitrogens with zero attached hydrogens (tertiary/aromatic N) is 1. The number of amides is 1. The highest BCUT2D eigenvalue weighted by Crippen LogP contribution is 2.35. The van der Waals surface area contributed by atoms with Crippen molar-refractivity contribution >= 4 is 17.6 Å². The van der Waals surface area contributed by atoms with Crippen molar-refractivity contribution in [3.8, 4) is 0 Å². The van der Waals surface area contributed by atoms with Gasteiger partial charge in [0.05, 0.1) is 5.92 Å². The number of anilines is 1. The van der Waals surface area contributed by atoms with E-state index >= 15 is 0 Å². The van der Waals surface area contributed by atoms with Crippen molar-refractivity contribution < 1.29 is 14.7 Å². The summed E-state index contributed by atoms with van der Waals surface area (Å²) in [5.41, 5.74) is 1.47. The molecule has 1 aromatic rings. The van der Waals surface area contributed by atoms with Gasteiger partial charge in [-0.3, -0.25) is 9.59 Å². The fraction of sp³-hybridized carbons (Fsp3) is 0.429. The molecule has 1 unspecified atom stereocenters. The number of para-hydroxylation sites is 1. The van der Waals surface area contributed by atoms with Crippen LogP contribution in [0.4, 0.5) is 5.69 Å². The molecule has 1 aliphatic rings. The minimum atomic E-state index is -0.824. The van der Waals surface area contributed by atoms with E-state index < -0.39 is 11.9 Å². The van der Waals surface area contributed by atoms with E-state index in [0.29, 0.717) is 25.9 Å². The van der Waals surface area contributed by atoms with Gasteiger partial charge in [-0.2, -0.15) is 0 Å². The Bertz CT molecular complexity index is 487. The molecular formula is C14H18N2O3. The first-order valence-electron chi connectivity index (χ1n) is 6.42. The number of fused-ring (bicyclic) bond motifs is 1. The van der Waals surface area contributed by atoms with Crippen LogP contribution in [0.2, 0.25) is 0 Å². The van der Waals surface area contributed by atoms with Gasteiger partial charge in [0.2, 0.25) is 5.91 Å². The quantitative estimate of drug-likeness (QED) is 0.855. The van der Waals surface area contributed by atoms with E-state index in [1.54, 1.807) is 18.0 Å². The van der Waals surface area contributed by atoms with Gasteiger partial charge in [0.1, 0.15) is 0 Å². The third-order valence-corrected chi connectivity index (χ3v) is 3.43. The van der Waals surface area contributed by atoms with E-state index in [1.807, 2.05) is 18.2 Å². The number of benzene rings is 1. The summed E-state index contributed by atoms with van der Waals surface area (Å²) in [6, 6.07) is 7.27. The molecule has 1 atom stereocenters. The van der Waals surface area contributed by atoms with E-state index in [0.717, 1.165) is 11.3 Å². The summed E-state index contributed by atoms with van der Waals surface area (Å²) in [7, 11) is 1.80. The Balaban J connectivity index is 2.27. The predicted molar refractivity (Wildman–Crippen MR) is 72.3 cm³/mol. The van der Waals surface area contributed by atoms with E-state index in [9.17, 15) is 14.7 Å². The molecule has 2 N–H and O–H groups in total. The molecule has 5 nitrogen and oxygen atoms in total.